The molecule has 3 aromatic carbocycles. The molecule has 0 saturated heterocycles. The number of rotatable bonds is 9. The maximum absolute atomic E-state index is 13.0. The first-order valence-corrected chi connectivity index (χ1v) is 12.3. The molecule has 0 radical (unpaired) electrons. The Balaban J connectivity index is 1.63. The second-order valence-electron chi connectivity index (χ2n) is 9.19. The fourth-order valence-electron chi connectivity index (χ4n) is 3.59. The number of ketones is 1. The van der Waals surface area contributed by atoms with Crippen LogP contribution in [0.15, 0.2) is 66.7 Å². The molecule has 0 aromatic heterocycles. The van der Waals surface area contributed by atoms with Gasteiger partial charge in [-0.2, -0.15) is 0 Å². The van der Waals surface area contributed by atoms with Gasteiger partial charge in [0.25, 0.3) is 0 Å². The fourth-order valence-corrected chi connectivity index (χ4v) is 3.78. The van der Waals surface area contributed by atoms with Crippen molar-refractivity contribution in [3.05, 3.63) is 89.0 Å². The molecule has 0 spiro atoms. The monoisotopic (exact) mass is 490 g/mol. The SMILES string of the molecule is CCOc1ccc(CNC(=S)Nc2cccc(C(=O)c3ccc(C(C)(C)C)cc3)c2)cc1OCC. The Morgan fingerprint density at radius 1 is 0.857 bits per heavy atom. The lowest BCUT2D eigenvalue weighted by molar-refractivity contribution is 0.103. The number of anilines is 1. The van der Waals surface area contributed by atoms with Crippen LogP contribution in [0.3, 0.4) is 0 Å². The minimum Gasteiger partial charge on any atom is -0.490 e. The molecule has 2 N–H and O–H groups in total. The molecule has 0 aliphatic heterocycles. The van der Waals surface area contributed by atoms with Crippen molar-refractivity contribution in [1.82, 2.24) is 5.32 Å². The first-order chi connectivity index (χ1) is 16.7. The van der Waals surface area contributed by atoms with Crippen LogP contribution in [0, 0.1) is 0 Å². The largest absolute Gasteiger partial charge is 0.490 e. The molecule has 0 amide bonds. The highest BCUT2D eigenvalue weighted by molar-refractivity contribution is 7.80. The van der Waals surface area contributed by atoms with E-state index in [1.54, 1.807) is 0 Å². The second kappa shape index (κ2) is 11.8. The van der Waals surface area contributed by atoms with Crippen LogP contribution in [0.4, 0.5) is 5.69 Å². The van der Waals surface area contributed by atoms with Gasteiger partial charge in [0.05, 0.1) is 13.2 Å². The van der Waals surface area contributed by atoms with Crippen LogP contribution in [-0.4, -0.2) is 24.1 Å². The van der Waals surface area contributed by atoms with Gasteiger partial charge in [-0.05, 0) is 66.9 Å². The number of hydrogen-bond acceptors (Lipinski definition) is 4. The first kappa shape index (κ1) is 26.2. The molecular weight excluding hydrogens is 456 g/mol. The standard InChI is InChI=1S/C29H34N2O3S/c1-6-33-25-16-11-20(17-26(25)34-7-2)19-30-28(35)31-24-10-8-9-22(18-24)27(32)21-12-14-23(15-13-21)29(3,4)5/h8-18H,6-7,19H2,1-5H3,(H2,30,31,35). The molecule has 0 aliphatic rings. The zero-order valence-corrected chi connectivity index (χ0v) is 21.9. The van der Waals surface area contributed by atoms with Crippen molar-refractivity contribution >= 4 is 28.8 Å². The smallest absolute Gasteiger partial charge is 0.193 e. The third kappa shape index (κ3) is 7.30. The van der Waals surface area contributed by atoms with E-state index in [2.05, 4.69) is 31.4 Å². The van der Waals surface area contributed by atoms with Gasteiger partial charge in [-0.1, -0.05) is 63.2 Å². The summed E-state index contributed by atoms with van der Waals surface area (Å²) < 4.78 is 11.3. The van der Waals surface area contributed by atoms with Gasteiger partial charge < -0.3 is 20.1 Å². The average Bonchev–Trinajstić information content (AvgIpc) is 2.83. The van der Waals surface area contributed by atoms with Crippen LogP contribution >= 0.6 is 12.2 Å². The quantitative estimate of drug-likeness (QED) is 0.264. The van der Waals surface area contributed by atoms with E-state index >= 15 is 0 Å². The number of carbonyl (C=O) groups excluding carboxylic acids is 1. The Morgan fingerprint density at radius 3 is 2.20 bits per heavy atom. The van der Waals surface area contributed by atoms with Crippen LogP contribution in [0.1, 0.15) is 61.7 Å². The summed E-state index contributed by atoms with van der Waals surface area (Å²) in [6.45, 7) is 12.0. The lowest BCUT2D eigenvalue weighted by atomic mass is 9.86. The van der Waals surface area contributed by atoms with E-state index in [4.69, 9.17) is 21.7 Å². The second-order valence-corrected chi connectivity index (χ2v) is 9.60. The number of nitrogens with one attached hydrogen (secondary N) is 2. The summed E-state index contributed by atoms with van der Waals surface area (Å²) in [5.41, 5.74) is 4.28. The summed E-state index contributed by atoms with van der Waals surface area (Å²) >= 11 is 5.48. The van der Waals surface area contributed by atoms with Crippen LogP contribution in [0.5, 0.6) is 11.5 Å². The van der Waals surface area contributed by atoms with Gasteiger partial charge in [0.15, 0.2) is 22.4 Å². The molecule has 0 atom stereocenters. The van der Waals surface area contributed by atoms with Gasteiger partial charge in [0, 0.05) is 23.4 Å². The van der Waals surface area contributed by atoms with Crippen molar-refractivity contribution in [2.75, 3.05) is 18.5 Å². The summed E-state index contributed by atoms with van der Waals surface area (Å²) in [5.74, 6) is 1.42. The zero-order valence-electron chi connectivity index (χ0n) is 21.1. The van der Waals surface area contributed by atoms with Crippen molar-refractivity contribution in [2.24, 2.45) is 0 Å². The van der Waals surface area contributed by atoms with Crippen LogP contribution < -0.4 is 20.1 Å². The predicted molar refractivity (Wildman–Crippen MR) is 147 cm³/mol. The van der Waals surface area contributed by atoms with Crippen molar-refractivity contribution < 1.29 is 14.3 Å². The highest BCUT2D eigenvalue weighted by Gasteiger charge is 2.15. The molecule has 6 heteroatoms. The lowest BCUT2D eigenvalue weighted by Gasteiger charge is -2.19. The molecule has 0 unspecified atom stereocenters. The minimum absolute atomic E-state index is 0.0224. The molecule has 3 aromatic rings. The molecule has 184 valence electrons. The third-order valence-corrected chi connectivity index (χ3v) is 5.70. The number of carbonyl (C=O) groups is 1. The first-order valence-electron chi connectivity index (χ1n) is 11.9. The Labute approximate surface area is 213 Å². The van der Waals surface area contributed by atoms with Crippen LogP contribution in [-0.2, 0) is 12.0 Å². The zero-order chi connectivity index (χ0) is 25.4. The average molecular weight is 491 g/mol. The molecule has 0 bridgehead atoms. The summed E-state index contributed by atoms with van der Waals surface area (Å²) in [7, 11) is 0. The van der Waals surface area contributed by atoms with Crippen molar-refractivity contribution in [1.29, 1.82) is 0 Å². The maximum Gasteiger partial charge on any atom is 0.193 e. The molecule has 35 heavy (non-hydrogen) atoms. The van der Waals surface area contributed by atoms with Gasteiger partial charge >= 0.3 is 0 Å². The van der Waals surface area contributed by atoms with Gasteiger partial charge in [-0.3, -0.25) is 4.79 Å². The highest BCUT2D eigenvalue weighted by atomic mass is 32.1. The number of thiocarbonyl (C=S) groups is 1. The number of hydrogen-bond donors (Lipinski definition) is 2. The molecule has 0 fully saturated rings. The molecule has 0 aliphatic carbocycles. The molecule has 5 nitrogen and oxygen atoms in total. The van der Waals surface area contributed by atoms with E-state index in [0.717, 1.165) is 17.0 Å². The molecular formula is C29H34N2O3S. The lowest BCUT2D eigenvalue weighted by Crippen LogP contribution is -2.28. The van der Waals surface area contributed by atoms with Gasteiger partial charge in [0.1, 0.15) is 0 Å². The molecule has 0 heterocycles. The summed E-state index contributed by atoms with van der Waals surface area (Å²) in [6, 6.07) is 21.0. The Kier molecular flexibility index (Phi) is 8.88. The van der Waals surface area contributed by atoms with Crippen molar-refractivity contribution in [3.8, 4) is 11.5 Å². The van der Waals surface area contributed by atoms with Gasteiger partial charge in [-0.15, -0.1) is 0 Å². The third-order valence-electron chi connectivity index (χ3n) is 5.46. The molecule has 3 rings (SSSR count). The normalized spacial score (nSPS) is 11.0. The van der Waals surface area contributed by atoms with Crippen molar-refractivity contribution in [2.45, 2.75) is 46.6 Å². The van der Waals surface area contributed by atoms with Gasteiger partial charge in [0.2, 0.25) is 0 Å². The highest BCUT2D eigenvalue weighted by Crippen LogP contribution is 2.28. The van der Waals surface area contributed by atoms with E-state index in [0.29, 0.717) is 41.7 Å². The topological polar surface area (TPSA) is 59.6 Å². The Morgan fingerprint density at radius 2 is 1.54 bits per heavy atom. The predicted octanol–water partition coefficient (Wildman–Crippen LogP) is 6.50. The Hall–Kier alpha value is -3.38. The van der Waals surface area contributed by atoms with Crippen LogP contribution in [0.2, 0.25) is 0 Å². The van der Waals surface area contributed by atoms with Crippen LogP contribution in [0.25, 0.3) is 0 Å². The summed E-state index contributed by atoms with van der Waals surface area (Å²) in [5, 5.41) is 6.85. The van der Waals surface area contributed by atoms with E-state index in [1.807, 2.05) is 80.6 Å². The number of benzene rings is 3. The number of ether oxygens (including phenoxy) is 2. The summed E-state index contributed by atoms with van der Waals surface area (Å²) in [6.07, 6.45) is 0. The fraction of sp³-hybridized carbons (Fsp3) is 0.310. The van der Waals surface area contributed by atoms with Crippen molar-refractivity contribution in [3.63, 3.8) is 0 Å². The van der Waals surface area contributed by atoms with E-state index in [-0.39, 0.29) is 11.2 Å². The minimum atomic E-state index is -0.0224. The molecule has 0 saturated carbocycles. The van der Waals surface area contributed by atoms with E-state index in [9.17, 15) is 4.79 Å². The summed E-state index contributed by atoms with van der Waals surface area (Å²) in [4.78, 5) is 13.0. The maximum atomic E-state index is 13.0. The van der Waals surface area contributed by atoms with Gasteiger partial charge in [-0.25, -0.2) is 0 Å². The van der Waals surface area contributed by atoms with E-state index < -0.39 is 0 Å². The van der Waals surface area contributed by atoms with E-state index in [1.165, 1.54) is 5.56 Å². The Bertz CT molecular complexity index is 1170.